The third kappa shape index (κ3) is 4.06. The summed E-state index contributed by atoms with van der Waals surface area (Å²) in [6, 6.07) is 17.7. The van der Waals surface area contributed by atoms with Crippen LogP contribution in [0.25, 0.3) is 0 Å². The standard InChI is InChI=1S/C23H24N4O2/c1-15-22(16(2)27(26-15)14-17-7-4-3-5-8-17)23(29)24-19-10-6-9-18(13-19)20-11-12-21(28)25-20/h3-10,13,20H,11-12,14H2,1-2H3,(H,24,29)(H,25,28). The molecule has 0 spiro atoms. The average molecular weight is 388 g/mol. The van der Waals surface area contributed by atoms with Crippen LogP contribution in [0, 0.1) is 13.8 Å². The van der Waals surface area contributed by atoms with Crippen molar-refractivity contribution in [1.82, 2.24) is 15.1 Å². The van der Waals surface area contributed by atoms with Gasteiger partial charge < -0.3 is 10.6 Å². The number of carbonyl (C=O) groups excluding carboxylic acids is 2. The Morgan fingerprint density at radius 2 is 1.97 bits per heavy atom. The molecular formula is C23H24N4O2. The predicted octanol–water partition coefficient (Wildman–Crippen LogP) is 3.75. The molecule has 0 aliphatic carbocycles. The quantitative estimate of drug-likeness (QED) is 0.699. The number of carbonyl (C=O) groups is 2. The van der Waals surface area contributed by atoms with Gasteiger partial charge in [0.2, 0.25) is 5.91 Å². The molecule has 0 radical (unpaired) electrons. The van der Waals surface area contributed by atoms with Crippen LogP contribution in [0.5, 0.6) is 0 Å². The second kappa shape index (κ2) is 7.91. The first-order chi connectivity index (χ1) is 14.0. The smallest absolute Gasteiger partial charge is 0.259 e. The molecule has 0 bridgehead atoms. The molecule has 1 fully saturated rings. The summed E-state index contributed by atoms with van der Waals surface area (Å²) in [5.41, 5.74) is 4.99. The highest BCUT2D eigenvalue weighted by atomic mass is 16.2. The van der Waals surface area contributed by atoms with E-state index >= 15 is 0 Å². The Balaban J connectivity index is 1.52. The van der Waals surface area contributed by atoms with Gasteiger partial charge in [-0.05, 0) is 43.5 Å². The Kier molecular flexibility index (Phi) is 5.16. The molecular weight excluding hydrogens is 364 g/mol. The molecule has 0 saturated carbocycles. The van der Waals surface area contributed by atoms with E-state index in [0.29, 0.717) is 29.9 Å². The fourth-order valence-corrected chi connectivity index (χ4v) is 3.83. The topological polar surface area (TPSA) is 76.0 Å². The van der Waals surface area contributed by atoms with Gasteiger partial charge in [-0.1, -0.05) is 42.5 Å². The number of amides is 2. The molecule has 2 aromatic carbocycles. The van der Waals surface area contributed by atoms with Gasteiger partial charge >= 0.3 is 0 Å². The molecule has 6 heteroatoms. The molecule has 1 aromatic heterocycles. The van der Waals surface area contributed by atoms with Crippen LogP contribution in [0.3, 0.4) is 0 Å². The fourth-order valence-electron chi connectivity index (χ4n) is 3.83. The summed E-state index contributed by atoms with van der Waals surface area (Å²) < 4.78 is 1.87. The highest BCUT2D eigenvalue weighted by Gasteiger charge is 2.23. The van der Waals surface area contributed by atoms with E-state index in [1.807, 2.05) is 73.1 Å². The summed E-state index contributed by atoms with van der Waals surface area (Å²) in [5.74, 6) is -0.103. The molecule has 1 aliphatic heterocycles. The van der Waals surface area contributed by atoms with Crippen LogP contribution in [0.2, 0.25) is 0 Å². The van der Waals surface area contributed by atoms with Crippen LogP contribution in [-0.4, -0.2) is 21.6 Å². The third-order valence-corrected chi connectivity index (χ3v) is 5.33. The first kappa shape index (κ1) is 18.9. The van der Waals surface area contributed by atoms with E-state index in [9.17, 15) is 9.59 Å². The normalized spacial score (nSPS) is 15.9. The van der Waals surface area contributed by atoms with Gasteiger partial charge in [-0.25, -0.2) is 0 Å². The molecule has 2 amide bonds. The molecule has 1 unspecified atom stereocenters. The number of hydrogen-bond donors (Lipinski definition) is 2. The zero-order valence-corrected chi connectivity index (χ0v) is 16.6. The van der Waals surface area contributed by atoms with E-state index in [4.69, 9.17) is 0 Å². The first-order valence-electron chi connectivity index (χ1n) is 9.80. The Morgan fingerprint density at radius 3 is 2.69 bits per heavy atom. The molecule has 4 rings (SSSR count). The monoisotopic (exact) mass is 388 g/mol. The second-order valence-electron chi connectivity index (χ2n) is 7.43. The van der Waals surface area contributed by atoms with Crippen molar-refractivity contribution in [2.24, 2.45) is 0 Å². The van der Waals surface area contributed by atoms with E-state index in [-0.39, 0.29) is 17.9 Å². The van der Waals surface area contributed by atoms with Crippen LogP contribution in [-0.2, 0) is 11.3 Å². The third-order valence-electron chi connectivity index (χ3n) is 5.33. The number of benzene rings is 2. The van der Waals surface area contributed by atoms with Crippen molar-refractivity contribution in [2.45, 2.75) is 39.3 Å². The van der Waals surface area contributed by atoms with Crippen molar-refractivity contribution in [2.75, 3.05) is 5.32 Å². The Morgan fingerprint density at radius 1 is 1.17 bits per heavy atom. The van der Waals surface area contributed by atoms with Gasteiger partial charge in [0.1, 0.15) is 0 Å². The van der Waals surface area contributed by atoms with Crippen LogP contribution < -0.4 is 10.6 Å². The minimum absolute atomic E-state index is 0.0106. The summed E-state index contributed by atoms with van der Waals surface area (Å²) in [5, 5.41) is 10.5. The van der Waals surface area contributed by atoms with Crippen molar-refractivity contribution in [3.05, 3.63) is 82.7 Å². The lowest BCUT2D eigenvalue weighted by atomic mass is 10.0. The van der Waals surface area contributed by atoms with Gasteiger partial charge in [-0.3, -0.25) is 14.3 Å². The number of aryl methyl sites for hydroxylation is 1. The number of nitrogens with zero attached hydrogens (tertiary/aromatic N) is 2. The van der Waals surface area contributed by atoms with Crippen LogP contribution in [0.4, 0.5) is 5.69 Å². The van der Waals surface area contributed by atoms with Crippen LogP contribution >= 0.6 is 0 Å². The number of nitrogens with one attached hydrogen (secondary N) is 2. The molecule has 6 nitrogen and oxygen atoms in total. The lowest BCUT2D eigenvalue weighted by Crippen LogP contribution is -2.19. The van der Waals surface area contributed by atoms with Gasteiger partial charge in [-0.2, -0.15) is 5.10 Å². The Hall–Kier alpha value is -3.41. The van der Waals surface area contributed by atoms with E-state index in [1.165, 1.54) is 0 Å². The summed E-state index contributed by atoms with van der Waals surface area (Å²) >= 11 is 0. The van der Waals surface area contributed by atoms with E-state index in [1.54, 1.807) is 0 Å². The van der Waals surface area contributed by atoms with Crippen molar-refractivity contribution < 1.29 is 9.59 Å². The second-order valence-corrected chi connectivity index (χ2v) is 7.43. The summed E-state index contributed by atoms with van der Waals surface area (Å²) in [6.07, 6.45) is 1.32. The van der Waals surface area contributed by atoms with E-state index in [2.05, 4.69) is 15.7 Å². The Labute approximate surface area is 169 Å². The van der Waals surface area contributed by atoms with Gasteiger partial charge in [0.15, 0.2) is 0 Å². The maximum absolute atomic E-state index is 13.0. The zero-order valence-electron chi connectivity index (χ0n) is 16.6. The maximum atomic E-state index is 13.0. The SMILES string of the molecule is Cc1nn(Cc2ccccc2)c(C)c1C(=O)Nc1cccc(C2CCC(=O)N2)c1. The lowest BCUT2D eigenvalue weighted by Gasteiger charge is -2.13. The number of hydrogen-bond acceptors (Lipinski definition) is 3. The van der Waals surface area contributed by atoms with Gasteiger partial charge in [0, 0.05) is 17.8 Å². The van der Waals surface area contributed by atoms with E-state index in [0.717, 1.165) is 23.2 Å². The molecule has 29 heavy (non-hydrogen) atoms. The first-order valence-corrected chi connectivity index (χ1v) is 9.80. The highest BCUT2D eigenvalue weighted by molar-refractivity contribution is 6.05. The molecule has 2 N–H and O–H groups in total. The number of anilines is 1. The Bertz CT molecular complexity index is 1060. The molecule has 3 aromatic rings. The van der Waals surface area contributed by atoms with E-state index < -0.39 is 0 Å². The van der Waals surface area contributed by atoms with Gasteiger partial charge in [0.05, 0.1) is 23.8 Å². The predicted molar refractivity (Wildman–Crippen MR) is 112 cm³/mol. The van der Waals surface area contributed by atoms with Crippen molar-refractivity contribution in [1.29, 1.82) is 0 Å². The average Bonchev–Trinajstić information content (AvgIpc) is 3.26. The lowest BCUT2D eigenvalue weighted by molar-refractivity contribution is -0.119. The number of rotatable bonds is 5. The van der Waals surface area contributed by atoms with Gasteiger partial charge in [0.25, 0.3) is 5.91 Å². The molecule has 1 atom stereocenters. The summed E-state index contributed by atoms with van der Waals surface area (Å²) in [4.78, 5) is 24.5. The minimum Gasteiger partial charge on any atom is -0.349 e. The molecule has 148 valence electrons. The van der Waals surface area contributed by atoms with Crippen LogP contribution in [0.1, 0.15) is 51.8 Å². The molecule has 1 aliphatic rings. The largest absolute Gasteiger partial charge is 0.349 e. The molecule has 1 saturated heterocycles. The van der Waals surface area contributed by atoms with Gasteiger partial charge in [-0.15, -0.1) is 0 Å². The summed E-state index contributed by atoms with van der Waals surface area (Å²) in [6.45, 7) is 4.40. The molecule has 2 heterocycles. The van der Waals surface area contributed by atoms with Crippen molar-refractivity contribution in [3.63, 3.8) is 0 Å². The fraction of sp³-hybridized carbons (Fsp3) is 0.261. The zero-order chi connectivity index (χ0) is 20.4. The van der Waals surface area contributed by atoms with Crippen molar-refractivity contribution >= 4 is 17.5 Å². The summed E-state index contributed by atoms with van der Waals surface area (Å²) in [7, 11) is 0. The minimum atomic E-state index is -0.174. The van der Waals surface area contributed by atoms with Crippen molar-refractivity contribution in [3.8, 4) is 0 Å². The number of aromatic nitrogens is 2. The van der Waals surface area contributed by atoms with Crippen LogP contribution in [0.15, 0.2) is 54.6 Å². The highest BCUT2D eigenvalue weighted by Crippen LogP contribution is 2.26. The maximum Gasteiger partial charge on any atom is 0.259 e.